The van der Waals surface area contributed by atoms with Gasteiger partial charge in [0.1, 0.15) is 0 Å². The van der Waals surface area contributed by atoms with Gasteiger partial charge in [-0.1, -0.05) is 43.2 Å². The third kappa shape index (κ3) is 3.80. The van der Waals surface area contributed by atoms with E-state index in [1.165, 1.54) is 57.1 Å². The van der Waals surface area contributed by atoms with Crippen LogP contribution in [0.15, 0.2) is 30.3 Å². The lowest BCUT2D eigenvalue weighted by molar-refractivity contribution is 0.129. The molecule has 0 aromatic heterocycles. The van der Waals surface area contributed by atoms with Crippen molar-refractivity contribution in [2.75, 3.05) is 20.1 Å². The molecule has 0 amide bonds. The Morgan fingerprint density at radius 3 is 2.42 bits per heavy atom. The summed E-state index contributed by atoms with van der Waals surface area (Å²) in [6.45, 7) is 2.01. The van der Waals surface area contributed by atoms with E-state index < -0.39 is 0 Å². The summed E-state index contributed by atoms with van der Waals surface area (Å²) in [6.07, 6.45) is 9.03. The first-order chi connectivity index (χ1) is 9.27. The second kappa shape index (κ2) is 7.06. The Morgan fingerprint density at radius 2 is 1.79 bits per heavy atom. The first-order valence-electron chi connectivity index (χ1n) is 7.72. The van der Waals surface area contributed by atoms with E-state index in [0.29, 0.717) is 5.54 Å². The molecule has 0 aliphatic heterocycles. The highest BCUT2D eigenvalue weighted by Crippen LogP contribution is 2.33. The number of nitrogens with zero attached hydrogens (tertiary/aromatic N) is 1. The molecule has 1 aliphatic rings. The van der Waals surface area contributed by atoms with E-state index in [-0.39, 0.29) is 0 Å². The Balaban J connectivity index is 1.70. The van der Waals surface area contributed by atoms with E-state index in [9.17, 15) is 0 Å². The molecule has 0 unspecified atom stereocenters. The van der Waals surface area contributed by atoms with Crippen LogP contribution in [0, 0.1) is 0 Å². The van der Waals surface area contributed by atoms with E-state index in [1.807, 2.05) is 0 Å². The monoisotopic (exact) mass is 260 g/mol. The van der Waals surface area contributed by atoms with Crippen molar-refractivity contribution in [2.45, 2.75) is 50.5 Å². The summed E-state index contributed by atoms with van der Waals surface area (Å²) in [6, 6.07) is 10.8. The third-order valence-corrected chi connectivity index (χ3v) is 4.78. The summed E-state index contributed by atoms with van der Waals surface area (Å²) in [4.78, 5) is 2.53. The number of likely N-dealkylation sites (N-methyl/N-ethyl adjacent to an activating group) is 1. The smallest absolute Gasteiger partial charge is 0.0328 e. The number of unbranched alkanes of at least 4 members (excludes halogenated alkanes) is 1. The second-order valence-corrected chi connectivity index (χ2v) is 6.00. The molecule has 106 valence electrons. The van der Waals surface area contributed by atoms with Gasteiger partial charge in [0.05, 0.1) is 0 Å². The van der Waals surface area contributed by atoms with Crippen molar-refractivity contribution in [1.82, 2.24) is 4.90 Å². The van der Waals surface area contributed by atoms with Gasteiger partial charge in [-0.15, -0.1) is 0 Å². The number of nitrogens with two attached hydrogens (primary N) is 1. The topological polar surface area (TPSA) is 29.3 Å². The van der Waals surface area contributed by atoms with E-state index in [2.05, 4.69) is 42.3 Å². The van der Waals surface area contributed by atoms with Crippen LogP contribution in [0.3, 0.4) is 0 Å². The molecule has 1 aromatic carbocycles. The molecule has 2 rings (SSSR count). The molecular formula is C17H28N2. The van der Waals surface area contributed by atoms with Crippen molar-refractivity contribution in [3.8, 4) is 0 Å². The molecule has 2 nitrogen and oxygen atoms in total. The van der Waals surface area contributed by atoms with Crippen LogP contribution in [-0.4, -0.2) is 30.6 Å². The summed E-state index contributed by atoms with van der Waals surface area (Å²) in [5.41, 5.74) is 7.79. The van der Waals surface area contributed by atoms with Crippen LogP contribution in [0.4, 0.5) is 0 Å². The fourth-order valence-corrected chi connectivity index (χ4v) is 3.33. The number of hydrogen-bond acceptors (Lipinski definition) is 2. The van der Waals surface area contributed by atoms with E-state index >= 15 is 0 Å². The van der Waals surface area contributed by atoms with Gasteiger partial charge >= 0.3 is 0 Å². The zero-order valence-electron chi connectivity index (χ0n) is 12.3. The molecular weight excluding hydrogens is 232 g/mol. The van der Waals surface area contributed by atoms with Crippen LogP contribution in [-0.2, 0) is 6.42 Å². The summed E-state index contributed by atoms with van der Waals surface area (Å²) in [7, 11) is 2.26. The quantitative estimate of drug-likeness (QED) is 0.763. The molecule has 1 saturated carbocycles. The minimum absolute atomic E-state index is 0.312. The van der Waals surface area contributed by atoms with Crippen LogP contribution in [0.2, 0.25) is 0 Å². The first-order valence-corrected chi connectivity index (χ1v) is 7.72. The van der Waals surface area contributed by atoms with Crippen LogP contribution in [0.25, 0.3) is 0 Å². The second-order valence-electron chi connectivity index (χ2n) is 6.00. The standard InChI is InChI=1S/C17H28N2/c1-19(17(15-18)12-6-7-13-17)14-8-5-11-16-9-3-2-4-10-16/h2-4,9-10H,5-8,11-15,18H2,1H3. The van der Waals surface area contributed by atoms with Crippen LogP contribution >= 0.6 is 0 Å². The Labute approximate surface area is 118 Å². The fraction of sp³-hybridized carbons (Fsp3) is 0.647. The average Bonchev–Trinajstić information content (AvgIpc) is 2.94. The van der Waals surface area contributed by atoms with Gasteiger partial charge in [-0.2, -0.15) is 0 Å². The van der Waals surface area contributed by atoms with E-state index in [4.69, 9.17) is 5.73 Å². The van der Waals surface area contributed by atoms with Gasteiger partial charge in [-0.3, -0.25) is 4.90 Å². The summed E-state index contributed by atoms with van der Waals surface area (Å²) >= 11 is 0. The van der Waals surface area contributed by atoms with Crippen LogP contribution < -0.4 is 5.73 Å². The summed E-state index contributed by atoms with van der Waals surface area (Å²) in [5, 5.41) is 0. The molecule has 0 saturated heterocycles. The molecule has 0 heterocycles. The Bertz CT molecular complexity index is 355. The van der Waals surface area contributed by atoms with Crippen molar-refractivity contribution in [3.63, 3.8) is 0 Å². The highest BCUT2D eigenvalue weighted by Gasteiger charge is 2.35. The van der Waals surface area contributed by atoms with Crippen molar-refractivity contribution in [2.24, 2.45) is 5.73 Å². The minimum Gasteiger partial charge on any atom is -0.329 e. The summed E-state index contributed by atoms with van der Waals surface area (Å²) < 4.78 is 0. The first kappa shape index (κ1) is 14.5. The summed E-state index contributed by atoms with van der Waals surface area (Å²) in [5.74, 6) is 0. The predicted molar refractivity (Wildman–Crippen MR) is 82.3 cm³/mol. The average molecular weight is 260 g/mol. The normalized spacial score (nSPS) is 18.1. The van der Waals surface area contributed by atoms with E-state index in [0.717, 1.165) is 6.54 Å². The Morgan fingerprint density at radius 1 is 1.11 bits per heavy atom. The van der Waals surface area contributed by atoms with Gasteiger partial charge < -0.3 is 5.73 Å². The highest BCUT2D eigenvalue weighted by molar-refractivity contribution is 5.14. The highest BCUT2D eigenvalue weighted by atomic mass is 15.2. The van der Waals surface area contributed by atoms with Crippen LogP contribution in [0.1, 0.15) is 44.1 Å². The molecule has 1 aromatic rings. The molecule has 0 bridgehead atoms. The van der Waals surface area contributed by atoms with Crippen molar-refractivity contribution < 1.29 is 0 Å². The maximum Gasteiger partial charge on any atom is 0.0328 e. The number of hydrogen-bond donors (Lipinski definition) is 1. The fourth-order valence-electron chi connectivity index (χ4n) is 3.33. The SMILES string of the molecule is CN(CCCCc1ccccc1)C1(CN)CCCC1. The Kier molecular flexibility index (Phi) is 5.41. The van der Waals surface area contributed by atoms with E-state index in [1.54, 1.807) is 0 Å². The zero-order chi connectivity index (χ0) is 13.6. The number of benzene rings is 1. The van der Waals surface area contributed by atoms with Gasteiger partial charge in [0.25, 0.3) is 0 Å². The zero-order valence-corrected chi connectivity index (χ0v) is 12.3. The predicted octanol–water partition coefficient (Wildman–Crippen LogP) is 3.21. The maximum atomic E-state index is 6.02. The van der Waals surface area contributed by atoms with Gasteiger partial charge in [-0.05, 0) is 51.3 Å². The molecule has 0 spiro atoms. The molecule has 1 aliphatic carbocycles. The van der Waals surface area contributed by atoms with Crippen molar-refractivity contribution >= 4 is 0 Å². The van der Waals surface area contributed by atoms with Gasteiger partial charge in [0.15, 0.2) is 0 Å². The molecule has 1 fully saturated rings. The van der Waals surface area contributed by atoms with Gasteiger partial charge in [0, 0.05) is 12.1 Å². The van der Waals surface area contributed by atoms with Crippen LogP contribution in [0.5, 0.6) is 0 Å². The van der Waals surface area contributed by atoms with Crippen molar-refractivity contribution in [3.05, 3.63) is 35.9 Å². The van der Waals surface area contributed by atoms with Gasteiger partial charge in [-0.25, -0.2) is 0 Å². The number of rotatable bonds is 7. The lowest BCUT2D eigenvalue weighted by Crippen LogP contribution is -2.50. The van der Waals surface area contributed by atoms with Gasteiger partial charge in [0.2, 0.25) is 0 Å². The lowest BCUT2D eigenvalue weighted by Gasteiger charge is -2.38. The molecule has 0 atom stereocenters. The lowest BCUT2D eigenvalue weighted by atomic mass is 9.95. The molecule has 19 heavy (non-hydrogen) atoms. The molecule has 0 radical (unpaired) electrons. The third-order valence-electron chi connectivity index (χ3n) is 4.78. The maximum absolute atomic E-state index is 6.02. The molecule has 2 N–H and O–H groups in total. The minimum atomic E-state index is 0.312. The largest absolute Gasteiger partial charge is 0.329 e. The van der Waals surface area contributed by atoms with Crippen molar-refractivity contribution in [1.29, 1.82) is 0 Å². The Hall–Kier alpha value is -0.860. The number of aryl methyl sites for hydroxylation is 1. The molecule has 2 heteroatoms.